The Morgan fingerprint density at radius 3 is 2.47 bits per heavy atom. The van der Waals surface area contributed by atoms with Crippen molar-refractivity contribution in [3.8, 4) is 0 Å². The molecule has 1 atom stereocenters. The van der Waals surface area contributed by atoms with Gasteiger partial charge in [-0.05, 0) is 12.3 Å². The number of urea groups is 1. The van der Waals surface area contributed by atoms with Gasteiger partial charge in [0.1, 0.15) is 0 Å². The number of ether oxygens (including phenoxy) is 1. The lowest BCUT2D eigenvalue weighted by Crippen LogP contribution is -2.40. The number of carbonyl (C=O) groups is 3. The van der Waals surface area contributed by atoms with Gasteiger partial charge in [-0.25, -0.2) is 4.79 Å². The number of nitrogens with zero attached hydrogens (tertiary/aromatic N) is 1. The maximum Gasteiger partial charge on any atom is 0.317 e. The van der Waals surface area contributed by atoms with Crippen LogP contribution in [-0.4, -0.2) is 55.2 Å². The summed E-state index contributed by atoms with van der Waals surface area (Å²) in [7, 11) is 2.88. The molecule has 0 fully saturated rings. The molecule has 2 N–H and O–H groups in total. The van der Waals surface area contributed by atoms with E-state index in [-0.39, 0.29) is 37.3 Å². The van der Waals surface area contributed by atoms with Crippen molar-refractivity contribution in [1.82, 2.24) is 10.2 Å². The zero-order valence-corrected chi connectivity index (χ0v) is 11.6. The van der Waals surface area contributed by atoms with Gasteiger partial charge in [-0.15, -0.1) is 0 Å². The summed E-state index contributed by atoms with van der Waals surface area (Å²) < 4.78 is 4.48. The first kappa shape index (κ1) is 17.2. The second-order valence-electron chi connectivity index (χ2n) is 4.47. The molecule has 0 aliphatic carbocycles. The Morgan fingerprint density at radius 2 is 1.95 bits per heavy atom. The van der Waals surface area contributed by atoms with Gasteiger partial charge in [0, 0.05) is 26.6 Å². The van der Waals surface area contributed by atoms with Gasteiger partial charge in [0.2, 0.25) is 0 Å². The van der Waals surface area contributed by atoms with Crippen LogP contribution in [0.1, 0.15) is 26.2 Å². The summed E-state index contributed by atoms with van der Waals surface area (Å²) in [4.78, 5) is 34.3. The maximum absolute atomic E-state index is 11.6. The summed E-state index contributed by atoms with van der Waals surface area (Å²) >= 11 is 0. The number of nitrogens with one attached hydrogen (secondary N) is 1. The van der Waals surface area contributed by atoms with Crippen LogP contribution in [0, 0.1) is 5.92 Å². The Kier molecular flexibility index (Phi) is 8.32. The highest BCUT2D eigenvalue weighted by Crippen LogP contribution is 2.04. The van der Waals surface area contributed by atoms with Gasteiger partial charge < -0.3 is 20.1 Å². The number of methoxy groups -OCH3 is 1. The number of aliphatic carboxylic acids is 1. The number of carbonyl (C=O) groups excluding carboxylic acids is 2. The van der Waals surface area contributed by atoms with Crippen molar-refractivity contribution in [3.63, 3.8) is 0 Å². The average molecular weight is 274 g/mol. The highest BCUT2D eigenvalue weighted by molar-refractivity contribution is 5.75. The van der Waals surface area contributed by atoms with Gasteiger partial charge in [-0.3, -0.25) is 9.59 Å². The SMILES string of the molecule is COC(=O)CCN(C)C(=O)NCC(C)CCC(=O)O. The van der Waals surface area contributed by atoms with Crippen molar-refractivity contribution in [2.45, 2.75) is 26.2 Å². The normalized spacial score (nSPS) is 11.5. The van der Waals surface area contributed by atoms with Crippen LogP contribution in [0.25, 0.3) is 0 Å². The van der Waals surface area contributed by atoms with Crippen molar-refractivity contribution in [2.24, 2.45) is 5.92 Å². The Hall–Kier alpha value is -1.79. The first-order chi connectivity index (χ1) is 8.86. The molecule has 0 spiro atoms. The second-order valence-corrected chi connectivity index (χ2v) is 4.47. The standard InChI is InChI=1S/C12H22N2O5/c1-9(4-5-10(15)16)8-13-12(18)14(2)7-6-11(17)19-3/h9H,4-8H2,1-3H3,(H,13,18)(H,15,16). The predicted molar refractivity (Wildman–Crippen MR) is 68.7 cm³/mol. The van der Waals surface area contributed by atoms with Crippen LogP contribution < -0.4 is 5.32 Å². The van der Waals surface area contributed by atoms with E-state index in [2.05, 4.69) is 10.1 Å². The van der Waals surface area contributed by atoms with Crippen molar-refractivity contribution in [1.29, 1.82) is 0 Å². The van der Waals surface area contributed by atoms with Crippen molar-refractivity contribution in [3.05, 3.63) is 0 Å². The van der Waals surface area contributed by atoms with E-state index >= 15 is 0 Å². The first-order valence-corrected chi connectivity index (χ1v) is 6.14. The largest absolute Gasteiger partial charge is 0.481 e. The Labute approximate surface area is 112 Å². The van der Waals surface area contributed by atoms with Crippen LogP contribution in [-0.2, 0) is 14.3 Å². The van der Waals surface area contributed by atoms with E-state index in [4.69, 9.17) is 5.11 Å². The van der Waals surface area contributed by atoms with E-state index in [1.54, 1.807) is 7.05 Å². The predicted octanol–water partition coefficient (Wildman–Crippen LogP) is 0.692. The van der Waals surface area contributed by atoms with Crippen molar-refractivity contribution >= 4 is 18.0 Å². The lowest BCUT2D eigenvalue weighted by Gasteiger charge is -2.19. The molecular formula is C12H22N2O5. The van der Waals surface area contributed by atoms with Gasteiger partial charge in [0.25, 0.3) is 0 Å². The van der Waals surface area contributed by atoms with Crippen LogP contribution in [0.5, 0.6) is 0 Å². The van der Waals surface area contributed by atoms with E-state index in [1.165, 1.54) is 12.0 Å². The molecule has 0 aromatic carbocycles. The molecule has 0 aromatic heterocycles. The number of carboxylic acids is 1. The lowest BCUT2D eigenvalue weighted by atomic mass is 10.1. The monoisotopic (exact) mass is 274 g/mol. The molecule has 0 saturated heterocycles. The molecular weight excluding hydrogens is 252 g/mol. The first-order valence-electron chi connectivity index (χ1n) is 6.14. The molecule has 1 unspecified atom stereocenters. The molecule has 0 rings (SSSR count). The fourth-order valence-corrected chi connectivity index (χ4v) is 1.33. The summed E-state index contributed by atoms with van der Waals surface area (Å²) in [6, 6.07) is -0.286. The number of carboxylic acid groups (broad SMARTS) is 1. The number of amides is 2. The minimum absolute atomic E-state index is 0.0917. The molecule has 0 bridgehead atoms. The van der Waals surface area contributed by atoms with E-state index < -0.39 is 5.97 Å². The van der Waals surface area contributed by atoms with Crippen LogP contribution in [0.15, 0.2) is 0 Å². The minimum Gasteiger partial charge on any atom is -0.481 e. The molecule has 7 heteroatoms. The number of rotatable bonds is 8. The maximum atomic E-state index is 11.6. The Balaban J connectivity index is 3.83. The van der Waals surface area contributed by atoms with Gasteiger partial charge in [-0.1, -0.05) is 6.92 Å². The van der Waals surface area contributed by atoms with Crippen molar-refractivity contribution in [2.75, 3.05) is 27.2 Å². The third kappa shape index (κ3) is 8.87. The molecule has 0 aliphatic heterocycles. The molecule has 110 valence electrons. The van der Waals surface area contributed by atoms with E-state index in [0.29, 0.717) is 13.0 Å². The summed E-state index contributed by atoms with van der Waals surface area (Å²) in [5.74, 6) is -1.11. The third-order valence-corrected chi connectivity index (χ3v) is 2.68. The lowest BCUT2D eigenvalue weighted by molar-refractivity contribution is -0.141. The molecule has 0 saturated carbocycles. The quantitative estimate of drug-likeness (QED) is 0.635. The minimum atomic E-state index is -0.839. The summed E-state index contributed by atoms with van der Waals surface area (Å²) in [6.45, 7) is 2.56. The fourth-order valence-electron chi connectivity index (χ4n) is 1.33. The summed E-state index contributed by atoms with van der Waals surface area (Å²) in [5.41, 5.74) is 0. The van der Waals surface area contributed by atoms with E-state index in [1.807, 2.05) is 6.92 Å². The zero-order valence-electron chi connectivity index (χ0n) is 11.6. The Bertz CT molecular complexity index is 319. The van der Waals surface area contributed by atoms with Crippen LogP contribution in [0.4, 0.5) is 4.79 Å². The molecule has 0 aromatic rings. The Morgan fingerprint density at radius 1 is 1.32 bits per heavy atom. The van der Waals surface area contributed by atoms with E-state index in [0.717, 1.165) is 0 Å². The molecule has 0 aliphatic rings. The van der Waals surface area contributed by atoms with E-state index in [9.17, 15) is 14.4 Å². The molecule has 7 nitrogen and oxygen atoms in total. The molecule has 19 heavy (non-hydrogen) atoms. The van der Waals surface area contributed by atoms with Gasteiger partial charge in [0.15, 0.2) is 0 Å². The topological polar surface area (TPSA) is 95.9 Å². The van der Waals surface area contributed by atoms with Crippen molar-refractivity contribution < 1.29 is 24.2 Å². The summed E-state index contributed by atoms with van der Waals surface area (Å²) in [5, 5.41) is 11.2. The van der Waals surface area contributed by atoms with Gasteiger partial charge >= 0.3 is 18.0 Å². The molecule has 0 heterocycles. The van der Waals surface area contributed by atoms with Crippen LogP contribution in [0.3, 0.4) is 0 Å². The second kappa shape index (κ2) is 9.18. The number of hydrogen-bond acceptors (Lipinski definition) is 4. The third-order valence-electron chi connectivity index (χ3n) is 2.68. The van der Waals surface area contributed by atoms with Crippen LogP contribution >= 0.6 is 0 Å². The molecule has 2 amide bonds. The zero-order chi connectivity index (χ0) is 14.8. The van der Waals surface area contributed by atoms with Gasteiger partial charge in [0.05, 0.1) is 13.5 Å². The number of hydrogen-bond donors (Lipinski definition) is 2. The average Bonchev–Trinajstić information content (AvgIpc) is 2.38. The van der Waals surface area contributed by atoms with Gasteiger partial charge in [-0.2, -0.15) is 0 Å². The molecule has 0 radical (unpaired) electrons. The number of esters is 1. The smallest absolute Gasteiger partial charge is 0.317 e. The highest BCUT2D eigenvalue weighted by Gasteiger charge is 2.12. The highest BCUT2D eigenvalue weighted by atomic mass is 16.5. The summed E-state index contributed by atoms with van der Waals surface area (Å²) in [6.07, 6.45) is 0.756. The van der Waals surface area contributed by atoms with Crippen LogP contribution in [0.2, 0.25) is 0 Å². The fraction of sp³-hybridized carbons (Fsp3) is 0.750.